The maximum absolute atomic E-state index is 13.2. The Bertz CT molecular complexity index is 998. The number of benzene rings is 3. The number of carbonyl (C=O) groups is 2. The molecule has 0 aliphatic rings. The Kier molecular flexibility index (Phi) is 4.93. The van der Waals surface area contributed by atoms with Gasteiger partial charge in [-0.25, -0.2) is 13.6 Å². The Hall–Kier alpha value is -3.28. The van der Waals surface area contributed by atoms with Crippen LogP contribution in [0.3, 0.4) is 0 Å². The van der Waals surface area contributed by atoms with E-state index in [2.05, 4.69) is 0 Å². The zero-order valence-corrected chi connectivity index (χ0v) is 13.8. The highest BCUT2D eigenvalue weighted by molar-refractivity contribution is 6.02. The first-order valence-corrected chi connectivity index (χ1v) is 7.72. The highest BCUT2D eigenvalue weighted by Gasteiger charge is 2.18. The molecule has 0 heterocycles. The van der Waals surface area contributed by atoms with Gasteiger partial charge in [-0.2, -0.15) is 0 Å². The summed E-state index contributed by atoms with van der Waals surface area (Å²) in [6.07, 6.45) is 0. The van der Waals surface area contributed by atoms with Crippen LogP contribution in [0.2, 0.25) is 0 Å². The van der Waals surface area contributed by atoms with Gasteiger partial charge in [0.1, 0.15) is 11.3 Å². The summed E-state index contributed by atoms with van der Waals surface area (Å²) in [6.45, 7) is -0.597. The van der Waals surface area contributed by atoms with Crippen molar-refractivity contribution in [2.45, 2.75) is 0 Å². The Balaban J connectivity index is 1.78. The minimum Gasteiger partial charge on any atom is -0.496 e. The van der Waals surface area contributed by atoms with Crippen molar-refractivity contribution in [1.82, 2.24) is 0 Å². The molecule has 0 unspecified atom stereocenters. The van der Waals surface area contributed by atoms with E-state index in [-0.39, 0.29) is 11.1 Å². The van der Waals surface area contributed by atoms with Crippen LogP contribution < -0.4 is 4.74 Å². The van der Waals surface area contributed by atoms with Gasteiger partial charge < -0.3 is 9.47 Å². The Morgan fingerprint density at radius 3 is 2.27 bits per heavy atom. The molecule has 26 heavy (non-hydrogen) atoms. The molecule has 0 radical (unpaired) electrons. The summed E-state index contributed by atoms with van der Waals surface area (Å²) in [6, 6.07) is 13.4. The van der Waals surface area contributed by atoms with E-state index >= 15 is 0 Å². The smallest absolute Gasteiger partial charge is 0.342 e. The molecule has 0 fully saturated rings. The maximum atomic E-state index is 13.2. The number of carbonyl (C=O) groups excluding carboxylic acids is 2. The molecule has 3 aromatic carbocycles. The number of halogens is 2. The SMILES string of the molecule is COc1cc2ccccc2cc1C(=O)OCC(=O)c1ccc(F)c(F)c1. The molecule has 0 N–H and O–H groups in total. The van der Waals surface area contributed by atoms with Gasteiger partial charge in [0.25, 0.3) is 0 Å². The largest absolute Gasteiger partial charge is 0.496 e. The number of ether oxygens (including phenoxy) is 2. The van der Waals surface area contributed by atoms with Crippen LogP contribution in [0.1, 0.15) is 20.7 Å². The lowest BCUT2D eigenvalue weighted by atomic mass is 10.1. The summed E-state index contributed by atoms with van der Waals surface area (Å²) < 4.78 is 36.4. The molecule has 0 aliphatic carbocycles. The van der Waals surface area contributed by atoms with Gasteiger partial charge in [0.05, 0.1) is 7.11 Å². The number of hydrogen-bond donors (Lipinski definition) is 0. The molecule has 132 valence electrons. The third kappa shape index (κ3) is 3.54. The van der Waals surface area contributed by atoms with Crippen LogP contribution in [0, 0.1) is 11.6 Å². The lowest BCUT2D eigenvalue weighted by Crippen LogP contribution is -2.15. The molecule has 4 nitrogen and oxygen atoms in total. The lowest BCUT2D eigenvalue weighted by molar-refractivity contribution is 0.0471. The third-order valence-electron chi connectivity index (χ3n) is 3.86. The van der Waals surface area contributed by atoms with E-state index in [1.807, 2.05) is 24.3 Å². The van der Waals surface area contributed by atoms with Crippen LogP contribution in [0.15, 0.2) is 54.6 Å². The van der Waals surface area contributed by atoms with Crippen molar-refractivity contribution in [1.29, 1.82) is 0 Å². The van der Waals surface area contributed by atoms with E-state index in [0.717, 1.165) is 29.0 Å². The maximum Gasteiger partial charge on any atom is 0.342 e. The van der Waals surface area contributed by atoms with Crippen LogP contribution in [-0.4, -0.2) is 25.5 Å². The highest BCUT2D eigenvalue weighted by Crippen LogP contribution is 2.26. The average Bonchev–Trinajstić information content (AvgIpc) is 2.66. The summed E-state index contributed by atoms with van der Waals surface area (Å²) in [5.74, 6) is -3.27. The number of fused-ring (bicyclic) bond motifs is 1. The molecule has 0 amide bonds. The Morgan fingerprint density at radius 1 is 0.923 bits per heavy atom. The molecule has 0 spiro atoms. The van der Waals surface area contributed by atoms with E-state index < -0.39 is 30.0 Å². The molecular weight excluding hydrogens is 342 g/mol. The number of hydrogen-bond acceptors (Lipinski definition) is 4. The molecule has 0 saturated carbocycles. The molecule has 0 atom stereocenters. The van der Waals surface area contributed by atoms with Crippen LogP contribution in [0.4, 0.5) is 8.78 Å². The molecule has 0 aromatic heterocycles. The summed E-state index contributed by atoms with van der Waals surface area (Å²) >= 11 is 0. The summed E-state index contributed by atoms with van der Waals surface area (Å²) in [5, 5.41) is 1.70. The number of methoxy groups -OCH3 is 1. The summed E-state index contributed by atoms with van der Waals surface area (Å²) in [4.78, 5) is 24.3. The third-order valence-corrected chi connectivity index (χ3v) is 3.86. The molecule has 6 heteroatoms. The predicted octanol–water partition coefficient (Wildman–Crippen LogP) is 4.17. The zero-order chi connectivity index (χ0) is 18.7. The molecule has 0 bridgehead atoms. The van der Waals surface area contributed by atoms with Crippen molar-refractivity contribution in [3.05, 3.63) is 77.4 Å². The number of ketones is 1. The van der Waals surface area contributed by atoms with Crippen molar-refractivity contribution in [3.63, 3.8) is 0 Å². The topological polar surface area (TPSA) is 52.6 Å². The monoisotopic (exact) mass is 356 g/mol. The van der Waals surface area contributed by atoms with Gasteiger partial charge in [-0.1, -0.05) is 24.3 Å². The summed E-state index contributed by atoms with van der Waals surface area (Å²) in [5.41, 5.74) is 0.0893. The molecule has 0 aliphatic heterocycles. The normalized spacial score (nSPS) is 10.6. The van der Waals surface area contributed by atoms with Crippen LogP contribution in [0.25, 0.3) is 10.8 Å². The van der Waals surface area contributed by atoms with Gasteiger partial charge in [-0.3, -0.25) is 4.79 Å². The molecule has 3 rings (SSSR count). The van der Waals surface area contributed by atoms with Crippen LogP contribution in [-0.2, 0) is 4.74 Å². The van der Waals surface area contributed by atoms with Gasteiger partial charge in [0.2, 0.25) is 0 Å². The Morgan fingerprint density at radius 2 is 1.62 bits per heavy atom. The second kappa shape index (κ2) is 7.31. The first-order chi connectivity index (χ1) is 12.5. The van der Waals surface area contributed by atoms with Gasteiger partial charge in [-0.15, -0.1) is 0 Å². The van der Waals surface area contributed by atoms with E-state index in [4.69, 9.17) is 9.47 Å². The fraction of sp³-hybridized carbons (Fsp3) is 0.100. The second-order valence-electron chi connectivity index (χ2n) is 5.53. The van der Waals surface area contributed by atoms with Gasteiger partial charge in [0, 0.05) is 5.56 Å². The van der Waals surface area contributed by atoms with E-state index in [1.54, 1.807) is 12.1 Å². The molecule has 3 aromatic rings. The second-order valence-corrected chi connectivity index (χ2v) is 5.53. The zero-order valence-electron chi connectivity index (χ0n) is 13.8. The van der Waals surface area contributed by atoms with Crippen LogP contribution >= 0.6 is 0 Å². The first-order valence-electron chi connectivity index (χ1n) is 7.72. The average molecular weight is 356 g/mol. The first kappa shape index (κ1) is 17.5. The number of rotatable bonds is 5. The number of esters is 1. The lowest BCUT2D eigenvalue weighted by Gasteiger charge is -2.10. The molecule has 0 saturated heterocycles. The standard InChI is InChI=1S/C20H14F2O4/c1-25-19-10-13-5-3-2-4-12(13)8-15(19)20(24)26-11-18(23)14-6-7-16(21)17(22)9-14/h2-10H,11H2,1H3. The van der Waals surface area contributed by atoms with Crippen molar-refractivity contribution in [2.75, 3.05) is 13.7 Å². The van der Waals surface area contributed by atoms with Crippen molar-refractivity contribution in [3.8, 4) is 5.75 Å². The van der Waals surface area contributed by atoms with E-state index in [0.29, 0.717) is 5.75 Å². The minimum absolute atomic E-state index is 0.0813. The van der Waals surface area contributed by atoms with Gasteiger partial charge in [0.15, 0.2) is 24.0 Å². The quantitative estimate of drug-likeness (QED) is 0.509. The van der Waals surface area contributed by atoms with Gasteiger partial charge >= 0.3 is 5.97 Å². The minimum atomic E-state index is -1.14. The summed E-state index contributed by atoms with van der Waals surface area (Å²) in [7, 11) is 1.42. The number of Topliss-reactive ketones (excluding diaryl/α,β-unsaturated/α-hetero) is 1. The predicted molar refractivity (Wildman–Crippen MR) is 91.5 cm³/mol. The van der Waals surface area contributed by atoms with Crippen molar-refractivity contribution in [2.24, 2.45) is 0 Å². The Labute approximate surface area is 148 Å². The van der Waals surface area contributed by atoms with Crippen molar-refractivity contribution >= 4 is 22.5 Å². The van der Waals surface area contributed by atoms with E-state index in [1.165, 1.54) is 7.11 Å². The van der Waals surface area contributed by atoms with E-state index in [9.17, 15) is 18.4 Å². The highest BCUT2D eigenvalue weighted by atomic mass is 19.2. The van der Waals surface area contributed by atoms with Gasteiger partial charge in [-0.05, 0) is 41.1 Å². The van der Waals surface area contributed by atoms with Crippen molar-refractivity contribution < 1.29 is 27.8 Å². The molecular formula is C20H14F2O4. The van der Waals surface area contributed by atoms with Crippen LogP contribution in [0.5, 0.6) is 5.75 Å². The fourth-order valence-electron chi connectivity index (χ4n) is 2.51. The fourth-order valence-corrected chi connectivity index (χ4v) is 2.51.